The number of alkyl halides is 3. The minimum atomic E-state index is -1.76. The van der Waals surface area contributed by atoms with E-state index in [1.54, 1.807) is 0 Å². The lowest BCUT2D eigenvalue weighted by Crippen LogP contribution is -2.30. The summed E-state index contributed by atoms with van der Waals surface area (Å²) in [4.78, 5) is 0. The fraction of sp³-hybridized carbons (Fsp3) is 0.750. The third-order valence-corrected chi connectivity index (χ3v) is 1.55. The van der Waals surface area contributed by atoms with Crippen molar-refractivity contribution in [2.24, 2.45) is 5.73 Å². The molecule has 0 rings (SSSR count). The Balaban J connectivity index is 3.85. The molecule has 0 saturated carbocycles. The molecule has 6 heteroatoms. The van der Waals surface area contributed by atoms with Gasteiger partial charge in [-0.15, -0.1) is 0 Å². The van der Waals surface area contributed by atoms with Crippen LogP contribution in [0.15, 0.2) is 0 Å². The largest absolute Gasteiger partial charge is 0.388 e. The van der Waals surface area contributed by atoms with Crippen molar-refractivity contribution in [3.63, 3.8) is 0 Å². The molecule has 0 amide bonds. The molecule has 0 bridgehead atoms. The number of rotatable bonds is 2. The van der Waals surface area contributed by atoms with Gasteiger partial charge >= 0.3 is 0 Å². The van der Waals surface area contributed by atoms with E-state index in [4.69, 9.17) is 51.1 Å². The van der Waals surface area contributed by atoms with Crippen molar-refractivity contribution >= 4 is 40.6 Å². The number of aliphatic hydroxyl groups is 1. The summed E-state index contributed by atoms with van der Waals surface area (Å²) in [5.74, 6) is -0.209. The second-order valence-electron chi connectivity index (χ2n) is 1.79. The Hall–Kier alpha value is 0.300. The van der Waals surface area contributed by atoms with Gasteiger partial charge in [0, 0.05) is 6.42 Å². The van der Waals surface area contributed by atoms with Crippen molar-refractivity contribution < 1.29 is 5.11 Å². The molecule has 3 nitrogen and oxygen atoms in total. The minimum Gasteiger partial charge on any atom is -0.388 e. The smallest absolute Gasteiger partial charge is 0.216 e. The predicted octanol–water partition coefficient (Wildman–Crippen LogP) is 1.04. The second kappa shape index (κ2) is 3.62. The van der Waals surface area contributed by atoms with Crippen molar-refractivity contribution in [3.8, 4) is 0 Å². The Bertz CT molecular complexity index is 133. The van der Waals surface area contributed by atoms with E-state index in [2.05, 4.69) is 0 Å². The quantitative estimate of drug-likeness (QED) is 0.358. The van der Waals surface area contributed by atoms with E-state index >= 15 is 0 Å². The molecule has 60 valence electrons. The van der Waals surface area contributed by atoms with Gasteiger partial charge in [0.2, 0.25) is 3.79 Å². The maximum absolute atomic E-state index is 8.94. The first kappa shape index (κ1) is 10.3. The lowest BCUT2D eigenvalue weighted by atomic mass is 10.3. The van der Waals surface area contributed by atoms with Gasteiger partial charge in [-0.3, -0.25) is 5.41 Å². The molecule has 0 aliphatic carbocycles. The van der Waals surface area contributed by atoms with Gasteiger partial charge in [0.15, 0.2) is 0 Å². The lowest BCUT2D eigenvalue weighted by Gasteiger charge is -2.17. The van der Waals surface area contributed by atoms with Crippen LogP contribution in [0.3, 0.4) is 0 Å². The minimum absolute atomic E-state index is 0.128. The first-order valence-electron chi connectivity index (χ1n) is 2.41. The first-order valence-corrected chi connectivity index (χ1v) is 3.55. The normalized spacial score (nSPS) is 14.8. The molecule has 0 aliphatic heterocycles. The molecule has 0 saturated heterocycles. The van der Waals surface area contributed by atoms with Crippen LogP contribution < -0.4 is 5.73 Å². The van der Waals surface area contributed by atoms with E-state index in [9.17, 15) is 0 Å². The van der Waals surface area contributed by atoms with Gasteiger partial charge in [0.25, 0.3) is 0 Å². The molecule has 0 spiro atoms. The zero-order valence-electron chi connectivity index (χ0n) is 4.94. The Kier molecular flexibility index (Phi) is 3.73. The highest BCUT2D eigenvalue weighted by Gasteiger charge is 2.30. The molecule has 0 aromatic carbocycles. The number of nitrogens with one attached hydrogen (secondary N) is 1. The average molecular weight is 205 g/mol. The maximum Gasteiger partial charge on any atom is 0.216 e. The third-order valence-electron chi connectivity index (χ3n) is 0.791. The summed E-state index contributed by atoms with van der Waals surface area (Å²) in [6.45, 7) is 0. The number of aliphatic hydroxyl groups excluding tert-OH is 1. The molecule has 0 fully saturated rings. The van der Waals surface area contributed by atoms with Crippen LogP contribution in [0.5, 0.6) is 0 Å². The summed E-state index contributed by atoms with van der Waals surface area (Å²) >= 11 is 15.8. The Morgan fingerprint density at radius 2 is 2.00 bits per heavy atom. The average Bonchev–Trinajstić information content (AvgIpc) is 1.60. The molecule has 0 heterocycles. The molecule has 10 heavy (non-hydrogen) atoms. The molecule has 1 atom stereocenters. The summed E-state index contributed by atoms with van der Waals surface area (Å²) in [5.41, 5.74) is 4.94. The molecule has 0 aromatic heterocycles. The highest BCUT2D eigenvalue weighted by Crippen LogP contribution is 2.31. The highest BCUT2D eigenvalue weighted by molar-refractivity contribution is 6.68. The van der Waals surface area contributed by atoms with Gasteiger partial charge < -0.3 is 10.8 Å². The van der Waals surface area contributed by atoms with Crippen molar-refractivity contribution in [1.29, 1.82) is 5.41 Å². The van der Waals surface area contributed by atoms with Crippen molar-refractivity contribution in [1.82, 2.24) is 0 Å². The predicted molar refractivity (Wildman–Crippen MR) is 42.8 cm³/mol. The number of hydrogen-bond acceptors (Lipinski definition) is 2. The summed E-state index contributed by atoms with van der Waals surface area (Å²) in [7, 11) is 0. The summed E-state index contributed by atoms with van der Waals surface area (Å²) in [6, 6.07) is 0. The van der Waals surface area contributed by atoms with Crippen LogP contribution in [0.4, 0.5) is 0 Å². The zero-order chi connectivity index (χ0) is 8.36. The Labute approximate surface area is 73.6 Å². The SMILES string of the molecule is N=C(N)CC(O)C(Cl)(Cl)Cl. The Morgan fingerprint density at radius 1 is 1.60 bits per heavy atom. The third kappa shape index (κ3) is 4.17. The van der Waals surface area contributed by atoms with Gasteiger partial charge in [-0.1, -0.05) is 34.8 Å². The van der Waals surface area contributed by atoms with Gasteiger partial charge in [-0.05, 0) is 0 Å². The standard InChI is InChI=1S/C4H7Cl3N2O/c5-4(6,7)2(10)1-3(8)9/h2,10H,1H2,(H3,8,9). The van der Waals surface area contributed by atoms with Gasteiger partial charge in [0.1, 0.15) is 6.10 Å². The summed E-state index contributed by atoms with van der Waals surface area (Å²) in [5, 5.41) is 15.7. The number of amidine groups is 1. The van der Waals surface area contributed by atoms with E-state index in [0.29, 0.717) is 0 Å². The van der Waals surface area contributed by atoms with Crippen LogP contribution in [-0.4, -0.2) is 20.8 Å². The first-order chi connectivity index (χ1) is 4.34. The summed E-state index contributed by atoms with van der Waals surface area (Å²) in [6.07, 6.45) is -1.34. The van der Waals surface area contributed by atoms with Gasteiger partial charge in [-0.25, -0.2) is 0 Å². The van der Waals surface area contributed by atoms with Crippen molar-refractivity contribution in [2.45, 2.75) is 16.3 Å². The van der Waals surface area contributed by atoms with E-state index in [1.807, 2.05) is 0 Å². The van der Waals surface area contributed by atoms with Crippen LogP contribution in [-0.2, 0) is 0 Å². The topological polar surface area (TPSA) is 70.1 Å². The van der Waals surface area contributed by atoms with Crippen LogP contribution in [0, 0.1) is 5.41 Å². The molecule has 0 aliphatic rings. The van der Waals surface area contributed by atoms with Crippen LogP contribution in [0.2, 0.25) is 0 Å². The maximum atomic E-state index is 8.94. The fourth-order valence-electron chi connectivity index (χ4n) is 0.324. The van der Waals surface area contributed by atoms with Crippen molar-refractivity contribution in [2.75, 3.05) is 0 Å². The molecule has 0 radical (unpaired) electrons. The van der Waals surface area contributed by atoms with Crippen LogP contribution in [0.1, 0.15) is 6.42 Å². The van der Waals surface area contributed by atoms with E-state index in [1.165, 1.54) is 0 Å². The van der Waals surface area contributed by atoms with Gasteiger partial charge in [0.05, 0.1) is 5.84 Å². The van der Waals surface area contributed by atoms with Gasteiger partial charge in [-0.2, -0.15) is 0 Å². The zero-order valence-corrected chi connectivity index (χ0v) is 7.21. The van der Waals surface area contributed by atoms with E-state index in [-0.39, 0.29) is 12.3 Å². The molecule has 0 aromatic rings. The number of halogens is 3. The molecular weight excluding hydrogens is 198 g/mol. The molecule has 4 N–H and O–H groups in total. The number of hydrogen-bond donors (Lipinski definition) is 3. The van der Waals surface area contributed by atoms with Crippen LogP contribution in [0.25, 0.3) is 0 Å². The van der Waals surface area contributed by atoms with Crippen molar-refractivity contribution in [3.05, 3.63) is 0 Å². The van der Waals surface area contributed by atoms with E-state index in [0.717, 1.165) is 0 Å². The van der Waals surface area contributed by atoms with Crippen LogP contribution >= 0.6 is 34.8 Å². The fourth-order valence-corrected chi connectivity index (χ4v) is 0.555. The monoisotopic (exact) mass is 204 g/mol. The second-order valence-corrected chi connectivity index (χ2v) is 4.16. The molecule has 1 unspecified atom stereocenters. The lowest BCUT2D eigenvalue weighted by molar-refractivity contribution is 0.186. The highest BCUT2D eigenvalue weighted by atomic mass is 35.6. The Morgan fingerprint density at radius 3 is 2.10 bits per heavy atom. The van der Waals surface area contributed by atoms with E-state index < -0.39 is 9.90 Å². The number of nitrogens with two attached hydrogens (primary N) is 1. The summed E-state index contributed by atoms with van der Waals surface area (Å²) < 4.78 is -1.76. The molecular formula is C4H7Cl3N2O.